The molecule has 0 nitrogen and oxygen atoms in total. The molecular weight excluding hydrogens is 164 g/mol. The Hall–Kier alpha value is -0.430. The van der Waals surface area contributed by atoms with E-state index in [4.69, 9.17) is 0 Å². The van der Waals surface area contributed by atoms with E-state index in [9.17, 15) is 0 Å². The van der Waals surface area contributed by atoms with Gasteiger partial charge in [-0.15, -0.1) is 0 Å². The van der Waals surface area contributed by atoms with Gasteiger partial charge in [-0.1, -0.05) is 44.7 Å². The molecule has 0 aliphatic heterocycles. The molecule has 0 saturated carbocycles. The predicted octanol–water partition coefficient (Wildman–Crippen LogP) is 3.82. The van der Waals surface area contributed by atoms with Crippen molar-refractivity contribution in [3.05, 3.63) is 36.5 Å². The Morgan fingerprint density at radius 1 is 1.50 bits per heavy atom. The van der Waals surface area contributed by atoms with E-state index in [2.05, 4.69) is 32.6 Å². The highest BCUT2D eigenvalue weighted by Crippen LogP contribution is 2.14. The summed E-state index contributed by atoms with van der Waals surface area (Å²) in [5.74, 6) is 1.06. The second-order valence-corrected chi connectivity index (χ2v) is 4.40. The zero-order chi connectivity index (χ0) is 9.40. The van der Waals surface area contributed by atoms with Crippen LogP contribution in [0.3, 0.4) is 0 Å². The first kappa shape index (κ1) is 11.6. The number of thioether (sulfide) groups is 1. The van der Waals surface area contributed by atoms with Crippen LogP contribution in [0.15, 0.2) is 36.5 Å². The SMILES string of the molecule is C=C/C(=C\C=C/C)CSC(C)C. The fourth-order valence-electron chi connectivity index (χ4n) is 0.658. The minimum absolute atomic E-state index is 0.693. The van der Waals surface area contributed by atoms with Gasteiger partial charge in [-0.25, -0.2) is 0 Å². The van der Waals surface area contributed by atoms with Gasteiger partial charge in [0.25, 0.3) is 0 Å². The van der Waals surface area contributed by atoms with Crippen LogP contribution in [0.5, 0.6) is 0 Å². The van der Waals surface area contributed by atoms with Crippen LogP contribution in [0.2, 0.25) is 0 Å². The zero-order valence-corrected chi connectivity index (χ0v) is 9.03. The molecule has 0 rings (SSSR count). The average molecular weight is 182 g/mol. The third kappa shape index (κ3) is 6.29. The van der Waals surface area contributed by atoms with Gasteiger partial charge >= 0.3 is 0 Å². The van der Waals surface area contributed by atoms with Crippen LogP contribution in [0.4, 0.5) is 0 Å². The van der Waals surface area contributed by atoms with Gasteiger partial charge in [0, 0.05) is 5.75 Å². The summed E-state index contributed by atoms with van der Waals surface area (Å²) in [5.41, 5.74) is 1.30. The van der Waals surface area contributed by atoms with E-state index in [-0.39, 0.29) is 0 Å². The van der Waals surface area contributed by atoms with Crippen molar-refractivity contribution < 1.29 is 0 Å². The lowest BCUT2D eigenvalue weighted by Gasteiger charge is -2.04. The highest BCUT2D eigenvalue weighted by Gasteiger charge is 1.95. The first-order chi connectivity index (χ1) is 5.70. The lowest BCUT2D eigenvalue weighted by Crippen LogP contribution is -1.90. The lowest BCUT2D eigenvalue weighted by molar-refractivity contribution is 1.11. The molecule has 0 bridgehead atoms. The van der Waals surface area contributed by atoms with Gasteiger partial charge in [-0.05, 0) is 17.7 Å². The molecule has 0 aromatic heterocycles. The monoisotopic (exact) mass is 182 g/mol. The molecule has 0 unspecified atom stereocenters. The Morgan fingerprint density at radius 2 is 2.17 bits per heavy atom. The molecule has 0 spiro atoms. The minimum Gasteiger partial charge on any atom is -0.154 e. The second kappa shape index (κ2) is 7.23. The van der Waals surface area contributed by atoms with Gasteiger partial charge in [0.1, 0.15) is 0 Å². The molecule has 0 aromatic rings. The van der Waals surface area contributed by atoms with Crippen molar-refractivity contribution in [1.29, 1.82) is 0 Å². The Kier molecular flexibility index (Phi) is 6.97. The van der Waals surface area contributed by atoms with E-state index in [1.165, 1.54) is 5.57 Å². The summed E-state index contributed by atoms with van der Waals surface area (Å²) < 4.78 is 0. The van der Waals surface area contributed by atoms with Crippen molar-refractivity contribution in [2.45, 2.75) is 26.0 Å². The third-order valence-electron chi connectivity index (χ3n) is 1.35. The van der Waals surface area contributed by atoms with Crippen LogP contribution in [0.25, 0.3) is 0 Å². The summed E-state index contributed by atoms with van der Waals surface area (Å²) in [6.07, 6.45) is 8.12. The number of hydrogen-bond acceptors (Lipinski definition) is 1. The van der Waals surface area contributed by atoms with E-state index in [0.717, 1.165) is 5.75 Å². The highest BCUT2D eigenvalue weighted by atomic mass is 32.2. The van der Waals surface area contributed by atoms with Crippen LogP contribution < -0.4 is 0 Å². The maximum Gasteiger partial charge on any atom is 0.0186 e. The van der Waals surface area contributed by atoms with Gasteiger partial charge in [-0.2, -0.15) is 11.8 Å². The number of allylic oxidation sites excluding steroid dienone is 4. The average Bonchev–Trinajstić information content (AvgIpc) is 2.05. The maximum absolute atomic E-state index is 3.78. The molecule has 0 fully saturated rings. The fraction of sp³-hybridized carbons (Fsp3) is 0.455. The molecule has 68 valence electrons. The lowest BCUT2D eigenvalue weighted by atomic mass is 10.3. The molecule has 0 aliphatic rings. The van der Waals surface area contributed by atoms with E-state index >= 15 is 0 Å². The standard InChI is InChI=1S/C11H18S/c1-5-7-8-11(6-2)9-12-10(3)4/h5-8,10H,2,9H2,1,3-4H3/b7-5-,11-8+. The summed E-state index contributed by atoms with van der Waals surface area (Å²) in [6.45, 7) is 10.2. The van der Waals surface area contributed by atoms with E-state index in [1.807, 2.05) is 30.8 Å². The Bertz CT molecular complexity index is 175. The quantitative estimate of drug-likeness (QED) is 0.582. The zero-order valence-electron chi connectivity index (χ0n) is 8.21. The molecule has 0 aliphatic carbocycles. The van der Waals surface area contributed by atoms with Crippen LogP contribution in [0, 0.1) is 0 Å². The highest BCUT2D eigenvalue weighted by molar-refractivity contribution is 8.00. The fourth-order valence-corrected chi connectivity index (χ4v) is 1.40. The summed E-state index contributed by atoms with van der Waals surface area (Å²) >= 11 is 1.94. The summed E-state index contributed by atoms with van der Waals surface area (Å²) in [5, 5.41) is 0.693. The normalized spacial score (nSPS) is 12.8. The van der Waals surface area contributed by atoms with Crippen molar-refractivity contribution in [2.24, 2.45) is 0 Å². The van der Waals surface area contributed by atoms with Crippen LogP contribution in [-0.4, -0.2) is 11.0 Å². The first-order valence-corrected chi connectivity index (χ1v) is 5.31. The van der Waals surface area contributed by atoms with E-state index < -0.39 is 0 Å². The minimum atomic E-state index is 0.693. The molecule has 0 atom stereocenters. The predicted molar refractivity (Wildman–Crippen MR) is 60.7 cm³/mol. The Labute approximate surface area is 80.4 Å². The van der Waals surface area contributed by atoms with Gasteiger partial charge < -0.3 is 0 Å². The van der Waals surface area contributed by atoms with Crippen LogP contribution in [-0.2, 0) is 0 Å². The molecule has 12 heavy (non-hydrogen) atoms. The molecular formula is C11H18S. The molecule has 0 amide bonds. The van der Waals surface area contributed by atoms with Crippen molar-refractivity contribution in [3.63, 3.8) is 0 Å². The topological polar surface area (TPSA) is 0 Å². The molecule has 1 heteroatoms. The van der Waals surface area contributed by atoms with Gasteiger partial charge in [0.05, 0.1) is 0 Å². The van der Waals surface area contributed by atoms with Crippen molar-refractivity contribution >= 4 is 11.8 Å². The van der Waals surface area contributed by atoms with Crippen molar-refractivity contribution in [3.8, 4) is 0 Å². The first-order valence-electron chi connectivity index (χ1n) is 4.26. The smallest absolute Gasteiger partial charge is 0.0186 e. The van der Waals surface area contributed by atoms with Crippen LogP contribution in [0.1, 0.15) is 20.8 Å². The Balaban J connectivity index is 3.91. The van der Waals surface area contributed by atoms with Gasteiger partial charge in [0.15, 0.2) is 0 Å². The van der Waals surface area contributed by atoms with Gasteiger partial charge in [0.2, 0.25) is 0 Å². The van der Waals surface area contributed by atoms with Crippen molar-refractivity contribution in [1.82, 2.24) is 0 Å². The maximum atomic E-state index is 3.78. The molecule has 0 N–H and O–H groups in total. The Morgan fingerprint density at radius 3 is 2.58 bits per heavy atom. The number of rotatable bonds is 5. The summed E-state index contributed by atoms with van der Waals surface area (Å²) in [7, 11) is 0. The summed E-state index contributed by atoms with van der Waals surface area (Å²) in [6, 6.07) is 0. The van der Waals surface area contributed by atoms with Crippen LogP contribution >= 0.6 is 11.8 Å². The third-order valence-corrected chi connectivity index (χ3v) is 2.51. The molecule has 0 radical (unpaired) electrons. The number of hydrogen-bond donors (Lipinski definition) is 0. The van der Waals surface area contributed by atoms with E-state index in [1.54, 1.807) is 0 Å². The van der Waals surface area contributed by atoms with E-state index in [0.29, 0.717) is 5.25 Å². The largest absolute Gasteiger partial charge is 0.154 e. The summed E-state index contributed by atoms with van der Waals surface area (Å²) in [4.78, 5) is 0. The van der Waals surface area contributed by atoms with Gasteiger partial charge in [-0.3, -0.25) is 0 Å². The molecule has 0 aromatic carbocycles. The molecule has 0 saturated heterocycles. The van der Waals surface area contributed by atoms with Crippen molar-refractivity contribution in [2.75, 3.05) is 5.75 Å². The molecule has 0 heterocycles. The second-order valence-electron chi connectivity index (χ2n) is 2.83.